The van der Waals surface area contributed by atoms with E-state index in [0.29, 0.717) is 23.7 Å². The van der Waals surface area contributed by atoms with Crippen LogP contribution in [0.4, 0.5) is 5.69 Å². The van der Waals surface area contributed by atoms with Crippen molar-refractivity contribution >= 4 is 23.3 Å². The number of carboxylic acids is 1. The molecule has 4 nitrogen and oxygen atoms in total. The number of carboxylic acid groups (broad SMARTS) is 1. The van der Waals surface area contributed by atoms with Crippen molar-refractivity contribution in [3.8, 4) is 5.75 Å². The summed E-state index contributed by atoms with van der Waals surface area (Å²) in [6, 6.07) is 4.12. The van der Waals surface area contributed by atoms with Gasteiger partial charge in [-0.15, -0.1) is 0 Å². The van der Waals surface area contributed by atoms with Gasteiger partial charge in [-0.25, -0.2) is 4.79 Å². The first-order valence-electron chi connectivity index (χ1n) is 5.07. The molecule has 0 aromatic heterocycles. The molecule has 1 heterocycles. The summed E-state index contributed by atoms with van der Waals surface area (Å²) in [5.74, 6) is -0.782. The Labute approximate surface area is 98.1 Å². The second-order valence-corrected chi connectivity index (χ2v) is 4.29. The van der Waals surface area contributed by atoms with Crippen LogP contribution in [-0.4, -0.2) is 28.8 Å². The van der Waals surface area contributed by atoms with Gasteiger partial charge in [-0.3, -0.25) is 0 Å². The van der Waals surface area contributed by atoms with E-state index in [1.807, 2.05) is 0 Å². The van der Waals surface area contributed by atoms with E-state index in [0.717, 1.165) is 6.42 Å². The van der Waals surface area contributed by atoms with Gasteiger partial charge in [0.15, 0.2) is 0 Å². The van der Waals surface area contributed by atoms with Crippen molar-refractivity contribution in [3.63, 3.8) is 0 Å². The average molecular weight is 242 g/mol. The van der Waals surface area contributed by atoms with Crippen LogP contribution in [0.1, 0.15) is 12.8 Å². The maximum atomic E-state index is 11.0. The highest BCUT2D eigenvalue weighted by Crippen LogP contribution is 2.31. The Hall–Kier alpha value is -1.42. The Morgan fingerprint density at radius 3 is 2.81 bits per heavy atom. The molecule has 1 aromatic carbocycles. The van der Waals surface area contributed by atoms with Crippen molar-refractivity contribution in [2.45, 2.75) is 18.9 Å². The molecule has 5 heteroatoms. The molecule has 1 unspecified atom stereocenters. The summed E-state index contributed by atoms with van der Waals surface area (Å²) in [7, 11) is 0. The molecule has 0 spiro atoms. The Balaban J connectivity index is 2.32. The molecule has 0 bridgehead atoms. The quantitative estimate of drug-likeness (QED) is 0.833. The lowest BCUT2D eigenvalue weighted by Crippen LogP contribution is -2.35. The topological polar surface area (TPSA) is 60.8 Å². The molecule has 0 aliphatic carbocycles. The summed E-state index contributed by atoms with van der Waals surface area (Å²) in [4.78, 5) is 12.8. The van der Waals surface area contributed by atoms with Gasteiger partial charge in [0.2, 0.25) is 0 Å². The van der Waals surface area contributed by atoms with E-state index in [9.17, 15) is 9.90 Å². The number of nitrogens with zero attached hydrogens (tertiary/aromatic N) is 1. The minimum atomic E-state index is -0.836. The molecule has 1 fully saturated rings. The van der Waals surface area contributed by atoms with Crippen molar-refractivity contribution in [1.29, 1.82) is 0 Å². The molecule has 0 amide bonds. The standard InChI is InChI=1S/C11H12ClNO3/c12-7-4-8(6-9(14)5-7)13-3-1-2-10(13)11(15)16/h4-6,10,14H,1-3H2,(H,15,16). The Morgan fingerprint density at radius 2 is 2.19 bits per heavy atom. The van der Waals surface area contributed by atoms with Crippen LogP contribution in [0.25, 0.3) is 0 Å². The number of hydrogen-bond donors (Lipinski definition) is 2. The van der Waals surface area contributed by atoms with E-state index in [1.54, 1.807) is 11.0 Å². The first-order valence-corrected chi connectivity index (χ1v) is 5.45. The van der Waals surface area contributed by atoms with Gasteiger partial charge in [-0.05, 0) is 25.0 Å². The lowest BCUT2D eigenvalue weighted by atomic mass is 10.2. The highest BCUT2D eigenvalue weighted by molar-refractivity contribution is 6.31. The maximum absolute atomic E-state index is 11.0. The van der Waals surface area contributed by atoms with Crippen molar-refractivity contribution < 1.29 is 15.0 Å². The molecule has 16 heavy (non-hydrogen) atoms. The fraction of sp³-hybridized carbons (Fsp3) is 0.364. The van der Waals surface area contributed by atoms with Crippen molar-refractivity contribution in [2.24, 2.45) is 0 Å². The van der Waals surface area contributed by atoms with Crippen LogP contribution in [-0.2, 0) is 4.79 Å². The lowest BCUT2D eigenvalue weighted by molar-refractivity contribution is -0.138. The number of anilines is 1. The number of phenolic OH excluding ortho intramolecular Hbond substituents is 1. The number of phenols is 1. The van der Waals surface area contributed by atoms with E-state index >= 15 is 0 Å². The second-order valence-electron chi connectivity index (χ2n) is 3.86. The number of aliphatic carboxylic acids is 1. The molecular weight excluding hydrogens is 230 g/mol. The number of benzene rings is 1. The molecule has 0 radical (unpaired) electrons. The lowest BCUT2D eigenvalue weighted by Gasteiger charge is -2.23. The summed E-state index contributed by atoms with van der Waals surface area (Å²) < 4.78 is 0. The van der Waals surface area contributed by atoms with Crippen molar-refractivity contribution in [1.82, 2.24) is 0 Å². The molecular formula is C11H12ClNO3. The van der Waals surface area contributed by atoms with E-state index in [-0.39, 0.29) is 5.75 Å². The van der Waals surface area contributed by atoms with Crippen LogP contribution in [0, 0.1) is 0 Å². The van der Waals surface area contributed by atoms with E-state index in [4.69, 9.17) is 16.7 Å². The zero-order valence-electron chi connectivity index (χ0n) is 8.56. The fourth-order valence-corrected chi connectivity index (χ4v) is 2.28. The molecule has 1 saturated heterocycles. The predicted molar refractivity (Wildman–Crippen MR) is 61.1 cm³/mol. The molecule has 0 saturated carbocycles. The molecule has 1 aliphatic heterocycles. The van der Waals surface area contributed by atoms with Gasteiger partial charge in [0.1, 0.15) is 11.8 Å². The van der Waals surface area contributed by atoms with Gasteiger partial charge in [-0.1, -0.05) is 11.6 Å². The van der Waals surface area contributed by atoms with Gasteiger partial charge in [0, 0.05) is 23.3 Å². The molecule has 86 valence electrons. The van der Waals surface area contributed by atoms with Gasteiger partial charge >= 0.3 is 5.97 Å². The summed E-state index contributed by atoms with van der Waals surface area (Å²) >= 11 is 5.82. The average Bonchev–Trinajstić information content (AvgIpc) is 2.63. The van der Waals surface area contributed by atoms with Crippen LogP contribution < -0.4 is 4.90 Å². The third-order valence-electron chi connectivity index (χ3n) is 2.74. The summed E-state index contributed by atoms with van der Waals surface area (Å²) in [5, 5.41) is 18.9. The molecule has 1 aliphatic rings. The molecule has 2 N–H and O–H groups in total. The first-order chi connectivity index (χ1) is 7.58. The van der Waals surface area contributed by atoms with Crippen LogP contribution in [0.5, 0.6) is 5.75 Å². The molecule has 2 rings (SSSR count). The Bertz CT molecular complexity index is 401. The Morgan fingerprint density at radius 1 is 1.44 bits per heavy atom. The third kappa shape index (κ3) is 2.07. The van der Waals surface area contributed by atoms with Crippen LogP contribution in [0.15, 0.2) is 18.2 Å². The van der Waals surface area contributed by atoms with Crippen molar-refractivity contribution in [2.75, 3.05) is 11.4 Å². The minimum Gasteiger partial charge on any atom is -0.508 e. The van der Waals surface area contributed by atoms with Gasteiger partial charge in [-0.2, -0.15) is 0 Å². The van der Waals surface area contributed by atoms with Crippen LogP contribution >= 0.6 is 11.6 Å². The largest absolute Gasteiger partial charge is 0.508 e. The van der Waals surface area contributed by atoms with E-state index in [1.165, 1.54) is 12.1 Å². The summed E-state index contributed by atoms with van der Waals surface area (Å²) in [5.41, 5.74) is 0.662. The number of halogens is 1. The first kappa shape index (κ1) is 11.1. The SMILES string of the molecule is O=C(O)C1CCCN1c1cc(O)cc(Cl)c1. The zero-order valence-corrected chi connectivity index (χ0v) is 9.31. The number of rotatable bonds is 2. The highest BCUT2D eigenvalue weighted by Gasteiger charge is 2.30. The normalized spacial score (nSPS) is 20.1. The Kier molecular flexibility index (Phi) is 2.92. The maximum Gasteiger partial charge on any atom is 0.326 e. The minimum absolute atomic E-state index is 0.0542. The predicted octanol–water partition coefficient (Wildman–Crippen LogP) is 2.10. The number of hydrogen-bond acceptors (Lipinski definition) is 3. The smallest absolute Gasteiger partial charge is 0.326 e. The van der Waals surface area contributed by atoms with Crippen LogP contribution in [0.3, 0.4) is 0 Å². The highest BCUT2D eigenvalue weighted by atomic mass is 35.5. The van der Waals surface area contributed by atoms with E-state index < -0.39 is 12.0 Å². The zero-order chi connectivity index (χ0) is 11.7. The summed E-state index contributed by atoms with van der Waals surface area (Å²) in [6.45, 7) is 0.677. The third-order valence-corrected chi connectivity index (χ3v) is 2.96. The van der Waals surface area contributed by atoms with Crippen LogP contribution in [0.2, 0.25) is 5.02 Å². The van der Waals surface area contributed by atoms with Gasteiger partial charge in [0.25, 0.3) is 0 Å². The van der Waals surface area contributed by atoms with Gasteiger partial charge in [0.05, 0.1) is 0 Å². The number of carbonyl (C=O) groups is 1. The monoisotopic (exact) mass is 241 g/mol. The van der Waals surface area contributed by atoms with Crippen molar-refractivity contribution in [3.05, 3.63) is 23.2 Å². The summed E-state index contributed by atoms with van der Waals surface area (Å²) in [6.07, 6.45) is 1.47. The van der Waals surface area contributed by atoms with Gasteiger partial charge < -0.3 is 15.1 Å². The molecule has 1 atom stereocenters. The van der Waals surface area contributed by atoms with E-state index in [2.05, 4.69) is 0 Å². The fourth-order valence-electron chi connectivity index (χ4n) is 2.06. The molecule has 1 aromatic rings. The second kappa shape index (κ2) is 4.22. The number of aromatic hydroxyl groups is 1.